The number of ether oxygens (including phenoxy) is 3. The van der Waals surface area contributed by atoms with Crippen molar-refractivity contribution in [2.45, 2.75) is 117 Å². The summed E-state index contributed by atoms with van der Waals surface area (Å²) in [6.07, 6.45) is 16.3. The monoisotopic (exact) mass is 476 g/mol. The van der Waals surface area contributed by atoms with Gasteiger partial charge in [0.1, 0.15) is 12.4 Å². The number of methoxy groups -OCH3 is 1. The maximum absolute atomic E-state index is 11.0. The highest BCUT2D eigenvalue weighted by molar-refractivity contribution is 5.30. The second-order valence-electron chi connectivity index (χ2n) is 12.2. The molecule has 2 saturated carbocycles. The summed E-state index contributed by atoms with van der Waals surface area (Å²) in [6.45, 7) is 12.2. The first-order valence-electron chi connectivity index (χ1n) is 14.1. The lowest BCUT2D eigenvalue weighted by atomic mass is 9.67. The highest BCUT2D eigenvalue weighted by atomic mass is 16.5. The Morgan fingerprint density at radius 3 is 2.62 bits per heavy atom. The quantitative estimate of drug-likeness (QED) is 0.289. The van der Waals surface area contributed by atoms with Gasteiger partial charge in [-0.2, -0.15) is 0 Å². The predicted octanol–water partition coefficient (Wildman–Crippen LogP) is 7.07. The van der Waals surface area contributed by atoms with Gasteiger partial charge in [0.25, 0.3) is 0 Å². The van der Waals surface area contributed by atoms with E-state index >= 15 is 0 Å². The van der Waals surface area contributed by atoms with E-state index in [0.717, 1.165) is 44.3 Å². The van der Waals surface area contributed by atoms with E-state index in [-0.39, 0.29) is 17.6 Å². The van der Waals surface area contributed by atoms with E-state index in [1.165, 1.54) is 31.3 Å². The molecule has 0 bridgehead atoms. The van der Waals surface area contributed by atoms with Crippen molar-refractivity contribution in [2.75, 3.05) is 20.3 Å². The molecule has 7 atom stereocenters. The smallest absolute Gasteiger partial charge is 0.118 e. The van der Waals surface area contributed by atoms with Crippen molar-refractivity contribution in [3.63, 3.8) is 0 Å². The predicted molar refractivity (Wildman–Crippen MR) is 140 cm³/mol. The fourth-order valence-electron chi connectivity index (χ4n) is 6.36. The minimum atomic E-state index is -0.159. The minimum Gasteiger partial charge on any atom is -0.491 e. The molecule has 0 aliphatic heterocycles. The van der Waals surface area contributed by atoms with Crippen molar-refractivity contribution in [2.24, 2.45) is 29.1 Å². The van der Waals surface area contributed by atoms with Gasteiger partial charge in [0.05, 0.1) is 24.9 Å². The van der Waals surface area contributed by atoms with E-state index in [1.54, 1.807) is 0 Å². The molecule has 3 aliphatic carbocycles. The van der Waals surface area contributed by atoms with Gasteiger partial charge in [-0.1, -0.05) is 53.0 Å². The summed E-state index contributed by atoms with van der Waals surface area (Å²) < 4.78 is 18.0. The van der Waals surface area contributed by atoms with Crippen molar-refractivity contribution < 1.29 is 19.3 Å². The Bertz CT molecular complexity index is 676. The summed E-state index contributed by atoms with van der Waals surface area (Å²) >= 11 is 0. The fraction of sp³-hybridized carbons (Fsp3) is 0.867. The van der Waals surface area contributed by atoms with Crippen LogP contribution < -0.4 is 0 Å². The Morgan fingerprint density at radius 1 is 1.12 bits per heavy atom. The third-order valence-electron chi connectivity index (χ3n) is 8.95. The van der Waals surface area contributed by atoms with Gasteiger partial charge >= 0.3 is 0 Å². The van der Waals surface area contributed by atoms with Gasteiger partial charge in [-0.3, -0.25) is 0 Å². The van der Waals surface area contributed by atoms with Gasteiger partial charge in [-0.05, 0) is 92.6 Å². The lowest BCUT2D eigenvalue weighted by Gasteiger charge is -2.38. The number of allylic oxidation sites excluding steroid dienone is 3. The van der Waals surface area contributed by atoms with Crippen LogP contribution in [0, 0.1) is 29.1 Å². The van der Waals surface area contributed by atoms with Crippen LogP contribution in [0.2, 0.25) is 0 Å². The van der Waals surface area contributed by atoms with Crippen molar-refractivity contribution >= 4 is 0 Å². The van der Waals surface area contributed by atoms with Crippen molar-refractivity contribution in [1.29, 1.82) is 0 Å². The summed E-state index contributed by atoms with van der Waals surface area (Å²) in [4.78, 5) is 0. The van der Waals surface area contributed by atoms with Crippen molar-refractivity contribution in [3.8, 4) is 0 Å². The molecule has 0 saturated heterocycles. The molecule has 3 aliphatic rings. The second kappa shape index (κ2) is 12.9. The van der Waals surface area contributed by atoms with Crippen molar-refractivity contribution in [3.05, 3.63) is 23.5 Å². The average molecular weight is 477 g/mol. The molecule has 1 N–H and O–H groups in total. The van der Waals surface area contributed by atoms with Gasteiger partial charge in [0.15, 0.2) is 0 Å². The molecule has 0 aromatic heterocycles. The summed E-state index contributed by atoms with van der Waals surface area (Å²) in [5, 5.41) is 11.0. The first kappa shape index (κ1) is 27.7. The Hall–Kier alpha value is -0.840. The highest BCUT2D eigenvalue weighted by Crippen LogP contribution is 2.53. The number of hydrogen-bond donors (Lipinski definition) is 1. The zero-order valence-electron chi connectivity index (χ0n) is 22.9. The molecule has 4 heteroatoms. The van der Waals surface area contributed by atoms with Crippen LogP contribution in [-0.2, 0) is 14.2 Å². The Kier molecular flexibility index (Phi) is 10.5. The molecular formula is C30H52O4. The largest absolute Gasteiger partial charge is 0.491 e. The molecule has 2 fully saturated rings. The minimum absolute atomic E-state index is 0.148. The van der Waals surface area contributed by atoms with Crippen LogP contribution in [0.25, 0.3) is 0 Å². The van der Waals surface area contributed by atoms with Gasteiger partial charge in [0, 0.05) is 7.11 Å². The lowest BCUT2D eigenvalue weighted by Crippen LogP contribution is -2.30. The molecule has 4 nitrogen and oxygen atoms in total. The Morgan fingerprint density at radius 2 is 1.91 bits per heavy atom. The Labute approximate surface area is 209 Å². The maximum atomic E-state index is 11.0. The lowest BCUT2D eigenvalue weighted by molar-refractivity contribution is -0.0241. The second-order valence-corrected chi connectivity index (χ2v) is 12.2. The normalized spacial score (nSPS) is 30.7. The van der Waals surface area contributed by atoms with E-state index in [2.05, 4.69) is 46.8 Å². The number of aliphatic hydroxyl groups excluding tert-OH is 1. The molecule has 196 valence electrons. The summed E-state index contributed by atoms with van der Waals surface area (Å²) in [5.41, 5.74) is 1.64. The van der Waals surface area contributed by atoms with E-state index < -0.39 is 0 Å². The van der Waals surface area contributed by atoms with Gasteiger partial charge in [-0.15, -0.1) is 0 Å². The molecule has 0 aromatic rings. The van der Waals surface area contributed by atoms with E-state index in [0.29, 0.717) is 43.0 Å². The van der Waals surface area contributed by atoms with E-state index in [4.69, 9.17) is 14.2 Å². The third-order valence-corrected chi connectivity index (χ3v) is 8.95. The van der Waals surface area contributed by atoms with Crippen LogP contribution in [0.1, 0.15) is 98.8 Å². The summed E-state index contributed by atoms with van der Waals surface area (Å²) in [7, 11) is 1.85. The zero-order valence-corrected chi connectivity index (χ0v) is 22.9. The van der Waals surface area contributed by atoms with Gasteiger partial charge in [0.2, 0.25) is 0 Å². The molecule has 0 amide bonds. The first-order valence-corrected chi connectivity index (χ1v) is 14.1. The van der Waals surface area contributed by atoms with Gasteiger partial charge in [-0.25, -0.2) is 0 Å². The fourth-order valence-corrected chi connectivity index (χ4v) is 6.36. The van der Waals surface area contributed by atoms with Crippen LogP contribution in [0.4, 0.5) is 0 Å². The molecule has 0 spiro atoms. The summed E-state index contributed by atoms with van der Waals surface area (Å²) in [5.74, 6) is 3.31. The van der Waals surface area contributed by atoms with Gasteiger partial charge < -0.3 is 19.3 Å². The third kappa shape index (κ3) is 7.34. The SMILES string of the molecule is CCCCCC(CC[C@@H]1[C@H]2CC3CC=CC(OCCO[C@H](C)C(C)(C)C)=C3C[C@H]2C[C@H]1O)OC. The maximum Gasteiger partial charge on any atom is 0.118 e. The first-order chi connectivity index (χ1) is 16.2. The van der Waals surface area contributed by atoms with E-state index in [1.807, 2.05) is 7.11 Å². The number of unbranched alkanes of at least 4 members (excludes halogenated alkanes) is 2. The molecular weight excluding hydrogens is 424 g/mol. The molecule has 0 radical (unpaired) electrons. The molecule has 34 heavy (non-hydrogen) atoms. The van der Waals surface area contributed by atoms with Crippen LogP contribution in [0.15, 0.2) is 23.5 Å². The van der Waals surface area contributed by atoms with Crippen LogP contribution in [-0.4, -0.2) is 43.7 Å². The molecule has 3 rings (SSSR count). The van der Waals surface area contributed by atoms with E-state index in [9.17, 15) is 5.11 Å². The topological polar surface area (TPSA) is 47.9 Å². The molecule has 0 heterocycles. The summed E-state index contributed by atoms with van der Waals surface area (Å²) in [6, 6.07) is 0. The standard InChI is InChI=1S/C30H52O4/c1-7-8-9-12-24(32-6)14-15-25-26-18-22-11-10-13-29(27(22)19-23(26)20-28(25)31)34-17-16-33-21(2)30(3,4)5/h10,13,21-26,28,31H,7-9,11-12,14-20H2,1-6H3/t21-,22?,23+,24?,25-,26+,28-/m1/s1. The molecule has 0 aromatic carbocycles. The zero-order chi connectivity index (χ0) is 24.7. The Balaban J connectivity index is 1.53. The number of fused-ring (bicyclic) bond motifs is 2. The number of aliphatic hydroxyl groups is 1. The molecule has 2 unspecified atom stereocenters. The van der Waals surface area contributed by atoms with Crippen LogP contribution in [0.3, 0.4) is 0 Å². The number of hydrogen-bond acceptors (Lipinski definition) is 4. The number of rotatable bonds is 13. The van der Waals surface area contributed by atoms with Crippen LogP contribution in [0.5, 0.6) is 0 Å². The highest BCUT2D eigenvalue weighted by Gasteiger charge is 2.47. The average Bonchev–Trinajstić information content (AvgIpc) is 3.10. The van der Waals surface area contributed by atoms with Crippen molar-refractivity contribution in [1.82, 2.24) is 0 Å². The van der Waals surface area contributed by atoms with Crippen LogP contribution >= 0.6 is 0 Å².